The van der Waals surface area contributed by atoms with Crippen molar-refractivity contribution in [2.45, 2.75) is 25.3 Å². The van der Waals surface area contributed by atoms with Gasteiger partial charge in [0.25, 0.3) is 0 Å². The van der Waals surface area contributed by atoms with E-state index in [0.717, 1.165) is 5.56 Å². The lowest BCUT2D eigenvalue weighted by molar-refractivity contribution is -0.132. The minimum Gasteiger partial charge on any atom is -0.394 e. The van der Waals surface area contributed by atoms with Crippen molar-refractivity contribution in [1.29, 1.82) is 0 Å². The standard InChI is InChI=1S/C17H23N3O3/c1-2-16(22)20-9-5-14(6-10-20)17(23)19-15(12-21)11-13-3-7-18-8-4-13/h2-4,7-8,14-15,21H,1,5-6,9-12H2,(H,19,23). The number of hydrogen-bond donors (Lipinski definition) is 2. The Kier molecular flexibility index (Phi) is 6.29. The Morgan fingerprint density at radius 1 is 1.39 bits per heavy atom. The minimum atomic E-state index is -0.308. The first-order valence-corrected chi connectivity index (χ1v) is 7.85. The maximum Gasteiger partial charge on any atom is 0.245 e. The van der Waals surface area contributed by atoms with Crippen LogP contribution < -0.4 is 5.32 Å². The van der Waals surface area contributed by atoms with Crippen LogP contribution >= 0.6 is 0 Å². The number of aliphatic hydroxyl groups is 1. The summed E-state index contributed by atoms with van der Waals surface area (Å²) in [7, 11) is 0. The Labute approximate surface area is 136 Å². The minimum absolute atomic E-state index is 0.0520. The molecule has 6 heteroatoms. The molecule has 2 rings (SSSR count). The first-order chi connectivity index (χ1) is 11.1. The quantitative estimate of drug-likeness (QED) is 0.750. The first-order valence-electron chi connectivity index (χ1n) is 7.85. The van der Waals surface area contributed by atoms with Gasteiger partial charge in [-0.25, -0.2) is 0 Å². The van der Waals surface area contributed by atoms with Crippen molar-refractivity contribution in [2.75, 3.05) is 19.7 Å². The molecule has 6 nitrogen and oxygen atoms in total. The van der Waals surface area contributed by atoms with Gasteiger partial charge in [-0.05, 0) is 43.0 Å². The van der Waals surface area contributed by atoms with Gasteiger partial charge in [-0.2, -0.15) is 0 Å². The summed E-state index contributed by atoms with van der Waals surface area (Å²) >= 11 is 0. The lowest BCUT2D eigenvalue weighted by atomic mass is 9.95. The zero-order valence-electron chi connectivity index (χ0n) is 13.1. The molecule has 0 spiro atoms. The molecule has 1 aliphatic heterocycles. The number of rotatable bonds is 6. The van der Waals surface area contributed by atoms with Gasteiger partial charge in [0, 0.05) is 31.4 Å². The summed E-state index contributed by atoms with van der Waals surface area (Å²) in [6.07, 6.45) is 6.53. The molecule has 1 unspecified atom stereocenters. The highest BCUT2D eigenvalue weighted by Crippen LogP contribution is 2.18. The maximum absolute atomic E-state index is 12.3. The van der Waals surface area contributed by atoms with Crippen LogP contribution in [0.2, 0.25) is 0 Å². The van der Waals surface area contributed by atoms with Gasteiger partial charge in [0.05, 0.1) is 12.6 Å². The van der Waals surface area contributed by atoms with Crippen LogP contribution in [0.15, 0.2) is 37.2 Å². The molecule has 0 bridgehead atoms. The molecule has 1 aliphatic rings. The summed E-state index contributed by atoms with van der Waals surface area (Å²) in [6.45, 7) is 4.50. The molecule has 0 radical (unpaired) electrons. The molecule has 124 valence electrons. The van der Waals surface area contributed by atoms with E-state index in [9.17, 15) is 14.7 Å². The Hall–Kier alpha value is -2.21. The Morgan fingerprint density at radius 2 is 2.04 bits per heavy atom. The highest BCUT2D eigenvalue weighted by molar-refractivity contribution is 5.87. The number of hydrogen-bond acceptors (Lipinski definition) is 4. The highest BCUT2D eigenvalue weighted by Gasteiger charge is 2.27. The Bertz CT molecular complexity index is 539. The lowest BCUT2D eigenvalue weighted by Crippen LogP contribution is -2.46. The summed E-state index contributed by atoms with van der Waals surface area (Å²) in [5.74, 6) is -0.256. The summed E-state index contributed by atoms with van der Waals surface area (Å²) in [5.41, 5.74) is 1.02. The topological polar surface area (TPSA) is 82.5 Å². The summed E-state index contributed by atoms with van der Waals surface area (Å²) < 4.78 is 0. The predicted molar refractivity (Wildman–Crippen MR) is 86.5 cm³/mol. The van der Waals surface area contributed by atoms with Crippen LogP contribution in [0.25, 0.3) is 0 Å². The molecular weight excluding hydrogens is 294 g/mol. The van der Waals surface area contributed by atoms with Crippen molar-refractivity contribution in [3.8, 4) is 0 Å². The van der Waals surface area contributed by atoms with Crippen molar-refractivity contribution < 1.29 is 14.7 Å². The maximum atomic E-state index is 12.3. The van der Waals surface area contributed by atoms with Crippen LogP contribution in [0.5, 0.6) is 0 Å². The third-order valence-electron chi connectivity index (χ3n) is 4.15. The molecule has 0 aliphatic carbocycles. The van der Waals surface area contributed by atoms with Crippen LogP contribution in [-0.4, -0.2) is 52.5 Å². The molecule has 0 aromatic carbocycles. The second-order valence-corrected chi connectivity index (χ2v) is 5.75. The molecule has 23 heavy (non-hydrogen) atoms. The predicted octanol–water partition coefficient (Wildman–Crippen LogP) is 0.526. The van der Waals surface area contributed by atoms with E-state index in [1.165, 1.54) is 6.08 Å². The van der Waals surface area contributed by atoms with Crippen molar-refractivity contribution >= 4 is 11.8 Å². The molecule has 0 saturated carbocycles. The van der Waals surface area contributed by atoms with E-state index in [4.69, 9.17) is 0 Å². The second-order valence-electron chi connectivity index (χ2n) is 5.75. The zero-order valence-corrected chi connectivity index (χ0v) is 13.1. The lowest BCUT2D eigenvalue weighted by Gasteiger charge is -2.31. The van der Waals surface area contributed by atoms with Gasteiger partial charge in [-0.3, -0.25) is 14.6 Å². The third-order valence-corrected chi connectivity index (χ3v) is 4.15. The van der Waals surface area contributed by atoms with Crippen molar-refractivity contribution in [3.05, 3.63) is 42.7 Å². The van der Waals surface area contributed by atoms with E-state index < -0.39 is 0 Å². The smallest absolute Gasteiger partial charge is 0.245 e. The number of nitrogens with zero attached hydrogens (tertiary/aromatic N) is 2. The van der Waals surface area contributed by atoms with Gasteiger partial charge in [-0.1, -0.05) is 6.58 Å². The molecular formula is C17H23N3O3. The Morgan fingerprint density at radius 3 is 2.61 bits per heavy atom. The molecule has 1 fully saturated rings. The SMILES string of the molecule is C=CC(=O)N1CCC(C(=O)NC(CO)Cc2ccncc2)CC1. The molecule has 2 heterocycles. The van der Waals surface area contributed by atoms with Crippen LogP contribution in [-0.2, 0) is 16.0 Å². The van der Waals surface area contributed by atoms with Crippen molar-refractivity contribution in [1.82, 2.24) is 15.2 Å². The van der Waals surface area contributed by atoms with Gasteiger partial charge in [0.1, 0.15) is 0 Å². The molecule has 1 aromatic rings. The number of carbonyl (C=O) groups excluding carboxylic acids is 2. The normalized spacial score (nSPS) is 16.7. The first kappa shape index (κ1) is 17.1. The van der Waals surface area contributed by atoms with Crippen LogP contribution in [0.3, 0.4) is 0 Å². The van der Waals surface area contributed by atoms with E-state index in [-0.39, 0.29) is 30.4 Å². The largest absolute Gasteiger partial charge is 0.394 e. The number of nitrogens with one attached hydrogen (secondary N) is 1. The van der Waals surface area contributed by atoms with Crippen LogP contribution in [0.4, 0.5) is 0 Å². The number of amides is 2. The van der Waals surface area contributed by atoms with Gasteiger partial charge in [0.2, 0.25) is 11.8 Å². The number of aliphatic hydroxyl groups excluding tert-OH is 1. The third kappa shape index (κ3) is 4.89. The van der Waals surface area contributed by atoms with E-state index in [0.29, 0.717) is 32.4 Å². The molecule has 2 N–H and O–H groups in total. The number of likely N-dealkylation sites (tertiary alicyclic amines) is 1. The molecule has 1 aromatic heterocycles. The molecule has 2 amide bonds. The number of piperidine rings is 1. The van der Waals surface area contributed by atoms with Gasteiger partial charge >= 0.3 is 0 Å². The number of aromatic nitrogens is 1. The molecule has 1 atom stereocenters. The summed E-state index contributed by atoms with van der Waals surface area (Å²) in [5, 5.41) is 12.4. The fraction of sp³-hybridized carbons (Fsp3) is 0.471. The second kappa shape index (κ2) is 8.43. The highest BCUT2D eigenvalue weighted by atomic mass is 16.3. The summed E-state index contributed by atoms with van der Waals surface area (Å²) in [4.78, 5) is 29.5. The fourth-order valence-corrected chi connectivity index (χ4v) is 2.77. The fourth-order valence-electron chi connectivity index (χ4n) is 2.77. The number of carbonyl (C=O) groups is 2. The van der Waals surface area contributed by atoms with Crippen LogP contribution in [0.1, 0.15) is 18.4 Å². The summed E-state index contributed by atoms with van der Waals surface area (Å²) in [6, 6.07) is 3.43. The van der Waals surface area contributed by atoms with Gasteiger partial charge < -0.3 is 15.3 Å². The van der Waals surface area contributed by atoms with Gasteiger partial charge in [0.15, 0.2) is 0 Å². The monoisotopic (exact) mass is 317 g/mol. The average Bonchev–Trinajstić information content (AvgIpc) is 2.61. The average molecular weight is 317 g/mol. The van der Waals surface area contributed by atoms with E-state index in [1.54, 1.807) is 17.3 Å². The van der Waals surface area contributed by atoms with E-state index in [2.05, 4.69) is 16.9 Å². The zero-order chi connectivity index (χ0) is 16.7. The van der Waals surface area contributed by atoms with Crippen molar-refractivity contribution in [3.63, 3.8) is 0 Å². The molecule has 1 saturated heterocycles. The Balaban J connectivity index is 1.83. The van der Waals surface area contributed by atoms with Crippen LogP contribution in [0, 0.1) is 5.92 Å². The van der Waals surface area contributed by atoms with E-state index in [1.807, 2.05) is 12.1 Å². The van der Waals surface area contributed by atoms with Crippen molar-refractivity contribution in [2.24, 2.45) is 5.92 Å². The number of pyridine rings is 1. The van der Waals surface area contributed by atoms with E-state index >= 15 is 0 Å². The van der Waals surface area contributed by atoms with Gasteiger partial charge in [-0.15, -0.1) is 0 Å².